The minimum atomic E-state index is 0.399. The van der Waals surface area contributed by atoms with Gasteiger partial charge in [0.15, 0.2) is 0 Å². The molecule has 1 aliphatic rings. The van der Waals surface area contributed by atoms with E-state index in [1.165, 1.54) is 28.6 Å². The van der Waals surface area contributed by atoms with E-state index in [1.807, 2.05) is 7.05 Å². The number of anilines is 1. The van der Waals surface area contributed by atoms with E-state index in [0.717, 1.165) is 12.6 Å². The second-order valence-corrected chi connectivity index (χ2v) is 5.59. The van der Waals surface area contributed by atoms with Crippen molar-refractivity contribution in [2.45, 2.75) is 38.8 Å². The van der Waals surface area contributed by atoms with Crippen LogP contribution in [0, 0.1) is 0 Å². The molecule has 1 fully saturated rings. The molecule has 17 heavy (non-hydrogen) atoms. The number of hydrogen-bond acceptors (Lipinski definition) is 2. The van der Waals surface area contributed by atoms with Gasteiger partial charge in [-0.05, 0) is 67.4 Å². The molecule has 1 N–H and O–H groups in total. The van der Waals surface area contributed by atoms with Gasteiger partial charge in [0.05, 0.1) is 5.69 Å². The molecule has 1 aromatic rings. The van der Waals surface area contributed by atoms with E-state index in [0.29, 0.717) is 6.04 Å². The van der Waals surface area contributed by atoms with E-state index in [-0.39, 0.29) is 0 Å². The molecule has 1 aromatic carbocycles. The quantitative estimate of drug-likeness (QED) is 0.891. The van der Waals surface area contributed by atoms with Crippen molar-refractivity contribution in [1.29, 1.82) is 0 Å². The lowest BCUT2D eigenvalue weighted by Gasteiger charge is -2.25. The van der Waals surface area contributed by atoms with Crippen LogP contribution in [0.3, 0.4) is 0 Å². The number of nitrogens with one attached hydrogen (secondary N) is 1. The van der Waals surface area contributed by atoms with E-state index in [2.05, 4.69) is 58.2 Å². The summed E-state index contributed by atoms with van der Waals surface area (Å²) in [6, 6.07) is 7.88. The van der Waals surface area contributed by atoms with Crippen LogP contribution in [0.4, 0.5) is 5.69 Å². The lowest BCUT2D eigenvalue weighted by Crippen LogP contribution is -2.25. The van der Waals surface area contributed by atoms with Gasteiger partial charge in [0.1, 0.15) is 0 Å². The zero-order chi connectivity index (χ0) is 12.4. The van der Waals surface area contributed by atoms with Gasteiger partial charge in [0, 0.05) is 23.1 Å². The van der Waals surface area contributed by atoms with Gasteiger partial charge in [0.2, 0.25) is 0 Å². The summed E-state index contributed by atoms with van der Waals surface area (Å²) in [6.07, 6.45) is 2.68. The molecular weight excluding hydrogens is 276 g/mol. The third-order valence-electron chi connectivity index (χ3n) is 3.54. The molecule has 2 rings (SSSR count). The minimum absolute atomic E-state index is 0.399. The second kappa shape index (κ2) is 5.40. The zero-order valence-electron chi connectivity index (χ0n) is 10.8. The van der Waals surface area contributed by atoms with Crippen LogP contribution < -0.4 is 10.2 Å². The van der Waals surface area contributed by atoms with Crippen LogP contribution in [-0.4, -0.2) is 19.6 Å². The molecule has 94 valence electrons. The highest BCUT2D eigenvalue weighted by molar-refractivity contribution is 9.10. The molecular formula is C14H21BrN2. The van der Waals surface area contributed by atoms with Crippen molar-refractivity contribution < 1.29 is 0 Å². The molecule has 0 aromatic heterocycles. The molecule has 0 aliphatic heterocycles. The van der Waals surface area contributed by atoms with Gasteiger partial charge in [-0.15, -0.1) is 0 Å². The summed E-state index contributed by atoms with van der Waals surface area (Å²) < 4.78 is 1.21. The highest BCUT2D eigenvalue weighted by Gasteiger charge is 2.29. The number of rotatable bonds is 5. The van der Waals surface area contributed by atoms with E-state index in [4.69, 9.17) is 0 Å². The summed E-state index contributed by atoms with van der Waals surface area (Å²) in [5.41, 5.74) is 2.66. The molecule has 3 heteroatoms. The first-order valence-electron chi connectivity index (χ1n) is 6.40. The average molecular weight is 297 g/mol. The van der Waals surface area contributed by atoms with Gasteiger partial charge in [-0.3, -0.25) is 0 Å². The van der Waals surface area contributed by atoms with Crippen molar-refractivity contribution in [2.24, 2.45) is 0 Å². The summed E-state index contributed by atoms with van der Waals surface area (Å²) in [7, 11) is 2.00. The largest absolute Gasteiger partial charge is 0.368 e. The summed E-state index contributed by atoms with van der Waals surface area (Å²) >= 11 is 3.71. The number of benzene rings is 1. The predicted octanol–water partition coefficient (Wildman–Crippen LogP) is 3.72. The molecule has 1 saturated carbocycles. The molecule has 1 atom stereocenters. The van der Waals surface area contributed by atoms with Crippen molar-refractivity contribution in [3.8, 4) is 0 Å². The van der Waals surface area contributed by atoms with Crippen LogP contribution in [0.1, 0.15) is 38.3 Å². The molecule has 0 amide bonds. The first-order valence-corrected chi connectivity index (χ1v) is 7.20. The topological polar surface area (TPSA) is 15.3 Å². The average Bonchev–Trinajstić information content (AvgIpc) is 3.15. The van der Waals surface area contributed by atoms with Gasteiger partial charge < -0.3 is 10.2 Å². The van der Waals surface area contributed by atoms with Gasteiger partial charge in [0.25, 0.3) is 0 Å². The molecule has 0 radical (unpaired) electrons. The van der Waals surface area contributed by atoms with Gasteiger partial charge >= 0.3 is 0 Å². The lowest BCUT2D eigenvalue weighted by atomic mass is 10.1. The maximum absolute atomic E-state index is 3.71. The molecule has 1 aliphatic carbocycles. The third-order valence-corrected chi connectivity index (χ3v) is 4.18. The zero-order valence-corrected chi connectivity index (χ0v) is 12.4. The fourth-order valence-corrected chi connectivity index (χ4v) is 2.83. The Hall–Kier alpha value is -0.540. The van der Waals surface area contributed by atoms with Crippen LogP contribution in [0.5, 0.6) is 0 Å². The number of nitrogens with zero attached hydrogens (tertiary/aromatic N) is 1. The Kier molecular flexibility index (Phi) is 4.10. The van der Waals surface area contributed by atoms with Crippen LogP contribution in [0.25, 0.3) is 0 Å². The lowest BCUT2D eigenvalue weighted by molar-refractivity contribution is 0.652. The Morgan fingerprint density at radius 2 is 2.18 bits per heavy atom. The van der Waals surface area contributed by atoms with Gasteiger partial charge in [-0.25, -0.2) is 0 Å². The first kappa shape index (κ1) is 12.9. The highest BCUT2D eigenvalue weighted by atomic mass is 79.9. The Labute approximate surface area is 113 Å². The summed E-state index contributed by atoms with van der Waals surface area (Å²) in [6.45, 7) is 5.50. The van der Waals surface area contributed by atoms with Crippen LogP contribution in [-0.2, 0) is 0 Å². The summed E-state index contributed by atoms with van der Waals surface area (Å²) in [5.74, 6) is 0. The SMILES string of the molecule is CCN(c1ccc(C(C)NC)cc1Br)C1CC1. The van der Waals surface area contributed by atoms with Crippen molar-refractivity contribution in [3.63, 3.8) is 0 Å². The fourth-order valence-electron chi connectivity index (χ4n) is 2.20. The Balaban J connectivity index is 2.24. The molecule has 0 saturated heterocycles. The number of hydrogen-bond donors (Lipinski definition) is 1. The summed E-state index contributed by atoms with van der Waals surface area (Å²) in [5, 5.41) is 3.27. The number of halogens is 1. The predicted molar refractivity (Wildman–Crippen MR) is 77.7 cm³/mol. The van der Waals surface area contributed by atoms with Crippen LogP contribution >= 0.6 is 15.9 Å². The molecule has 0 bridgehead atoms. The van der Waals surface area contributed by atoms with Gasteiger partial charge in [-0.1, -0.05) is 6.07 Å². The monoisotopic (exact) mass is 296 g/mol. The van der Waals surface area contributed by atoms with Crippen LogP contribution in [0.15, 0.2) is 22.7 Å². The normalized spacial score (nSPS) is 16.9. The maximum atomic E-state index is 3.71. The standard InChI is InChI=1S/C14H21BrN2/c1-4-17(12-6-7-12)14-8-5-11(9-13(14)15)10(2)16-3/h5,8-10,12,16H,4,6-7H2,1-3H3. The Morgan fingerprint density at radius 3 is 2.65 bits per heavy atom. The summed E-state index contributed by atoms with van der Waals surface area (Å²) in [4.78, 5) is 2.50. The highest BCUT2D eigenvalue weighted by Crippen LogP contribution is 2.36. The van der Waals surface area contributed by atoms with Crippen molar-refractivity contribution in [1.82, 2.24) is 5.32 Å². The Morgan fingerprint density at radius 1 is 1.47 bits per heavy atom. The van der Waals surface area contributed by atoms with E-state index in [1.54, 1.807) is 0 Å². The molecule has 0 heterocycles. The molecule has 1 unspecified atom stereocenters. The fraction of sp³-hybridized carbons (Fsp3) is 0.571. The van der Waals surface area contributed by atoms with Crippen molar-refractivity contribution in [2.75, 3.05) is 18.5 Å². The molecule has 0 spiro atoms. The third kappa shape index (κ3) is 2.83. The maximum Gasteiger partial charge on any atom is 0.0513 e. The Bertz CT molecular complexity index is 388. The van der Waals surface area contributed by atoms with E-state index >= 15 is 0 Å². The minimum Gasteiger partial charge on any atom is -0.368 e. The van der Waals surface area contributed by atoms with Crippen LogP contribution in [0.2, 0.25) is 0 Å². The first-order chi connectivity index (χ1) is 8.17. The molecule has 2 nitrogen and oxygen atoms in total. The van der Waals surface area contributed by atoms with E-state index < -0.39 is 0 Å². The smallest absolute Gasteiger partial charge is 0.0513 e. The van der Waals surface area contributed by atoms with Crippen molar-refractivity contribution in [3.05, 3.63) is 28.2 Å². The van der Waals surface area contributed by atoms with Gasteiger partial charge in [-0.2, -0.15) is 0 Å². The van der Waals surface area contributed by atoms with Crippen molar-refractivity contribution >= 4 is 21.6 Å². The van der Waals surface area contributed by atoms with E-state index in [9.17, 15) is 0 Å². The second-order valence-electron chi connectivity index (χ2n) is 4.74.